The normalized spacial score (nSPS) is 42.8. The molecule has 4 aliphatic carbocycles. The first-order valence-corrected chi connectivity index (χ1v) is 12.8. The quantitative estimate of drug-likeness (QED) is 0.422. The summed E-state index contributed by atoms with van der Waals surface area (Å²) < 4.78 is 0. The Bertz CT molecular complexity index is 756. The zero-order chi connectivity index (χ0) is 21.7. The van der Waals surface area contributed by atoms with Gasteiger partial charge in [0.15, 0.2) is 5.78 Å². The molecule has 0 heterocycles. The summed E-state index contributed by atoms with van der Waals surface area (Å²) >= 11 is 0. The second-order valence-corrected chi connectivity index (χ2v) is 11.8. The van der Waals surface area contributed by atoms with Crippen LogP contribution >= 0.6 is 0 Å². The molecule has 0 aromatic rings. The zero-order valence-corrected chi connectivity index (χ0v) is 20.2. The van der Waals surface area contributed by atoms with Crippen molar-refractivity contribution >= 4 is 5.78 Å². The lowest BCUT2D eigenvalue weighted by Crippen LogP contribution is -2.50. The van der Waals surface area contributed by atoms with Crippen LogP contribution in [0.5, 0.6) is 0 Å². The van der Waals surface area contributed by atoms with Gasteiger partial charge in [-0.15, -0.1) is 0 Å². The van der Waals surface area contributed by atoms with Gasteiger partial charge in [-0.25, -0.2) is 0 Å². The Labute approximate surface area is 185 Å². The molecule has 3 saturated carbocycles. The van der Waals surface area contributed by atoms with Crippen molar-refractivity contribution in [1.29, 1.82) is 0 Å². The topological polar surface area (TPSA) is 17.1 Å². The van der Waals surface area contributed by atoms with Gasteiger partial charge in [0.25, 0.3) is 0 Å². The van der Waals surface area contributed by atoms with Crippen LogP contribution in [0.4, 0.5) is 0 Å². The molecule has 1 nitrogen and oxygen atoms in total. The highest BCUT2D eigenvalue weighted by atomic mass is 16.1. The molecule has 30 heavy (non-hydrogen) atoms. The fraction of sp³-hybridized carbons (Fsp3) is 0.759. The second-order valence-electron chi connectivity index (χ2n) is 11.8. The van der Waals surface area contributed by atoms with E-state index in [0.717, 1.165) is 42.9 Å². The highest BCUT2D eigenvalue weighted by molar-refractivity contribution is 5.91. The van der Waals surface area contributed by atoms with Gasteiger partial charge in [0.1, 0.15) is 0 Å². The van der Waals surface area contributed by atoms with Crippen LogP contribution < -0.4 is 0 Å². The van der Waals surface area contributed by atoms with Gasteiger partial charge in [-0.3, -0.25) is 4.79 Å². The Morgan fingerprint density at radius 3 is 2.60 bits per heavy atom. The van der Waals surface area contributed by atoms with Crippen LogP contribution in [0.25, 0.3) is 0 Å². The molecule has 0 N–H and O–H groups in total. The van der Waals surface area contributed by atoms with Crippen LogP contribution in [-0.2, 0) is 4.79 Å². The summed E-state index contributed by atoms with van der Waals surface area (Å²) in [6, 6.07) is 0. The van der Waals surface area contributed by atoms with Gasteiger partial charge >= 0.3 is 0 Å². The van der Waals surface area contributed by atoms with Crippen LogP contribution in [0.3, 0.4) is 0 Å². The average molecular weight is 409 g/mol. The summed E-state index contributed by atoms with van der Waals surface area (Å²) in [5.74, 6) is 4.96. The third-order valence-corrected chi connectivity index (χ3v) is 10.4. The van der Waals surface area contributed by atoms with Crippen LogP contribution in [0.15, 0.2) is 36.0 Å². The van der Waals surface area contributed by atoms with E-state index in [1.54, 1.807) is 0 Å². The minimum Gasteiger partial charge on any atom is -0.295 e. The van der Waals surface area contributed by atoms with Gasteiger partial charge in [0.2, 0.25) is 0 Å². The maximum Gasteiger partial charge on any atom is 0.155 e. The van der Waals surface area contributed by atoms with E-state index in [-0.39, 0.29) is 0 Å². The van der Waals surface area contributed by atoms with Crippen molar-refractivity contribution in [2.75, 3.05) is 0 Å². The molecule has 0 saturated heterocycles. The second kappa shape index (κ2) is 8.10. The number of fused-ring (bicyclic) bond motifs is 5. The molecule has 1 heteroatoms. The van der Waals surface area contributed by atoms with Gasteiger partial charge < -0.3 is 0 Å². The molecule has 0 spiro atoms. The third-order valence-electron chi connectivity index (χ3n) is 10.4. The molecular weight excluding hydrogens is 364 g/mol. The minimum absolute atomic E-state index is 0.303. The smallest absolute Gasteiger partial charge is 0.155 e. The standard InChI is InChI=1S/C29H44O/c1-7-21(19(2)3)9-8-20(4)25-12-13-26-24-11-10-22-18-23(30)14-16-28(22,5)27(24)15-17-29(25,26)6/h8-9,18,20-21,24-27H,2,7,10-17H2,1,3-6H3/t20-,21-,24+,25-,26+,27-,28+,29-/m1/s1. The Hall–Kier alpha value is -1.11. The number of ketones is 1. The number of carbonyl (C=O) groups is 1. The van der Waals surface area contributed by atoms with E-state index in [1.807, 2.05) is 6.08 Å². The molecule has 4 aliphatic rings. The van der Waals surface area contributed by atoms with Crippen LogP contribution in [0, 0.1) is 46.3 Å². The molecule has 0 aliphatic heterocycles. The van der Waals surface area contributed by atoms with Crippen molar-refractivity contribution in [3.05, 3.63) is 36.0 Å². The van der Waals surface area contributed by atoms with Crippen LogP contribution in [0.1, 0.15) is 92.4 Å². The molecule has 4 rings (SSSR count). The van der Waals surface area contributed by atoms with E-state index in [9.17, 15) is 4.79 Å². The number of rotatable bonds is 5. The first-order valence-electron chi connectivity index (χ1n) is 12.8. The Morgan fingerprint density at radius 2 is 1.90 bits per heavy atom. The number of allylic oxidation sites excluding steroid dienone is 4. The molecule has 166 valence electrons. The van der Waals surface area contributed by atoms with Crippen molar-refractivity contribution in [1.82, 2.24) is 0 Å². The Balaban J connectivity index is 1.53. The Kier molecular flexibility index (Phi) is 5.97. The molecule has 0 radical (unpaired) electrons. The van der Waals surface area contributed by atoms with Crippen molar-refractivity contribution in [3.8, 4) is 0 Å². The lowest BCUT2D eigenvalue weighted by atomic mass is 9.46. The molecule has 0 bridgehead atoms. The predicted octanol–water partition coefficient (Wildman–Crippen LogP) is 7.93. The van der Waals surface area contributed by atoms with Crippen molar-refractivity contribution in [3.63, 3.8) is 0 Å². The molecule has 0 aromatic carbocycles. The van der Waals surface area contributed by atoms with Gasteiger partial charge in [-0.1, -0.05) is 57.6 Å². The van der Waals surface area contributed by atoms with Gasteiger partial charge in [-0.2, -0.15) is 0 Å². The average Bonchev–Trinajstić information content (AvgIpc) is 3.06. The number of hydrogen-bond acceptors (Lipinski definition) is 1. The summed E-state index contributed by atoms with van der Waals surface area (Å²) in [5.41, 5.74) is 3.59. The Morgan fingerprint density at radius 1 is 1.13 bits per heavy atom. The van der Waals surface area contributed by atoms with E-state index >= 15 is 0 Å². The highest BCUT2D eigenvalue weighted by Crippen LogP contribution is 2.67. The fourth-order valence-electron chi connectivity index (χ4n) is 8.56. The van der Waals surface area contributed by atoms with Crippen LogP contribution in [-0.4, -0.2) is 5.78 Å². The molecular formula is C29H44O. The van der Waals surface area contributed by atoms with Crippen molar-refractivity contribution in [2.45, 2.75) is 92.4 Å². The molecule has 3 fully saturated rings. The third kappa shape index (κ3) is 3.49. The molecule has 0 amide bonds. The summed E-state index contributed by atoms with van der Waals surface area (Å²) in [6.45, 7) is 16.3. The predicted molar refractivity (Wildman–Crippen MR) is 127 cm³/mol. The van der Waals surface area contributed by atoms with Crippen LogP contribution in [0.2, 0.25) is 0 Å². The molecule has 0 unspecified atom stereocenters. The van der Waals surface area contributed by atoms with E-state index in [1.165, 1.54) is 49.7 Å². The summed E-state index contributed by atoms with van der Waals surface area (Å²) in [5, 5.41) is 0. The minimum atomic E-state index is 0.303. The monoisotopic (exact) mass is 408 g/mol. The maximum absolute atomic E-state index is 12.1. The summed E-state index contributed by atoms with van der Waals surface area (Å²) in [7, 11) is 0. The van der Waals surface area contributed by atoms with Gasteiger partial charge in [-0.05, 0) is 111 Å². The zero-order valence-electron chi connectivity index (χ0n) is 20.2. The van der Waals surface area contributed by atoms with E-state index in [2.05, 4.69) is 53.3 Å². The summed E-state index contributed by atoms with van der Waals surface area (Å²) in [4.78, 5) is 12.1. The van der Waals surface area contributed by atoms with E-state index in [4.69, 9.17) is 0 Å². The first-order chi connectivity index (χ1) is 14.2. The molecule has 0 aromatic heterocycles. The SMILES string of the molecule is C=C(C)[C@@H](C=C[C@@H](C)[C@H]1CC[C@H]2[C@@H]3CCC4=CC(=O)CC[C@]4(C)[C@@H]3CC[C@]12C)CC. The van der Waals surface area contributed by atoms with Gasteiger partial charge in [0, 0.05) is 6.42 Å². The first kappa shape index (κ1) is 22.1. The fourth-order valence-corrected chi connectivity index (χ4v) is 8.56. The summed E-state index contributed by atoms with van der Waals surface area (Å²) in [6.07, 6.45) is 18.1. The number of carbonyl (C=O) groups excluding carboxylic acids is 1. The van der Waals surface area contributed by atoms with E-state index in [0.29, 0.717) is 28.4 Å². The number of hydrogen-bond donors (Lipinski definition) is 0. The molecule has 8 atom stereocenters. The van der Waals surface area contributed by atoms with Gasteiger partial charge in [0.05, 0.1) is 0 Å². The largest absolute Gasteiger partial charge is 0.295 e. The lowest BCUT2D eigenvalue weighted by molar-refractivity contribution is -0.117. The van der Waals surface area contributed by atoms with E-state index < -0.39 is 0 Å². The van der Waals surface area contributed by atoms with Crippen molar-refractivity contribution in [2.24, 2.45) is 46.3 Å². The van der Waals surface area contributed by atoms with Crippen molar-refractivity contribution < 1.29 is 4.79 Å². The highest BCUT2D eigenvalue weighted by Gasteiger charge is 2.59. The lowest BCUT2D eigenvalue weighted by Gasteiger charge is -2.58. The maximum atomic E-state index is 12.1.